The van der Waals surface area contributed by atoms with Gasteiger partial charge in [-0.25, -0.2) is 14.4 Å². The normalized spacial score (nSPS) is 17.5. The predicted molar refractivity (Wildman–Crippen MR) is 118 cm³/mol. The van der Waals surface area contributed by atoms with Crippen molar-refractivity contribution in [1.82, 2.24) is 14.0 Å². The van der Waals surface area contributed by atoms with Crippen LogP contribution < -0.4 is 10.4 Å². The fourth-order valence-electron chi connectivity index (χ4n) is 3.49. The maximum absolute atomic E-state index is 13.1. The zero-order chi connectivity index (χ0) is 20.4. The van der Waals surface area contributed by atoms with Gasteiger partial charge < -0.3 is 0 Å². The van der Waals surface area contributed by atoms with Crippen LogP contribution in [0.4, 0.5) is 5.69 Å². The molecule has 0 amide bonds. The van der Waals surface area contributed by atoms with E-state index in [0.717, 1.165) is 36.3 Å². The lowest BCUT2D eigenvalue weighted by molar-refractivity contribution is 0.620. The van der Waals surface area contributed by atoms with E-state index in [2.05, 4.69) is 12.2 Å². The molecule has 2 heterocycles. The third-order valence-electron chi connectivity index (χ3n) is 5.28. The van der Waals surface area contributed by atoms with Gasteiger partial charge in [-0.1, -0.05) is 30.4 Å². The molecule has 0 radical (unpaired) electrons. The van der Waals surface area contributed by atoms with Crippen LogP contribution in [-0.4, -0.2) is 20.3 Å². The average molecular weight is 408 g/mol. The van der Waals surface area contributed by atoms with Crippen LogP contribution in [0.1, 0.15) is 30.7 Å². The Morgan fingerprint density at radius 2 is 1.97 bits per heavy atom. The molecule has 0 saturated carbocycles. The third kappa shape index (κ3) is 3.82. The molecule has 1 unspecified atom stereocenters. The number of aromatic nitrogens is 3. The molecule has 6 nitrogen and oxygen atoms in total. The molecule has 0 aliphatic heterocycles. The van der Waals surface area contributed by atoms with Gasteiger partial charge in [-0.05, 0) is 51.2 Å². The van der Waals surface area contributed by atoms with E-state index < -0.39 is 0 Å². The molecule has 0 spiro atoms. The summed E-state index contributed by atoms with van der Waals surface area (Å²) in [5.41, 5.74) is 2.97. The minimum atomic E-state index is -0.129. The van der Waals surface area contributed by atoms with Crippen LogP contribution in [0.25, 0.3) is 5.69 Å². The summed E-state index contributed by atoms with van der Waals surface area (Å²) >= 11 is 1.50. The Hall–Kier alpha value is -2.93. The van der Waals surface area contributed by atoms with Gasteiger partial charge in [0.05, 0.1) is 17.1 Å². The van der Waals surface area contributed by atoms with Crippen molar-refractivity contribution in [2.24, 2.45) is 23.1 Å². The highest BCUT2D eigenvalue weighted by atomic mass is 32.1. The van der Waals surface area contributed by atoms with Gasteiger partial charge in [0.15, 0.2) is 5.69 Å². The molecule has 1 atom stereocenters. The SMILES string of the molecule is Cc1csc(=Nc2c(C)n(C)n(-c3ccccc3)c2=O)n1N=CC1CC=CCC1. The lowest BCUT2D eigenvalue weighted by atomic mass is 9.96. The number of thiazole rings is 1. The summed E-state index contributed by atoms with van der Waals surface area (Å²) in [6.07, 6.45) is 9.71. The summed E-state index contributed by atoms with van der Waals surface area (Å²) in [5, 5.41) is 6.71. The molecule has 7 heteroatoms. The molecule has 3 aromatic rings. The second-order valence-corrected chi connectivity index (χ2v) is 8.14. The Morgan fingerprint density at radius 3 is 2.69 bits per heavy atom. The number of benzene rings is 1. The first-order valence-electron chi connectivity index (χ1n) is 9.81. The molecule has 0 saturated heterocycles. The second-order valence-electron chi connectivity index (χ2n) is 7.30. The van der Waals surface area contributed by atoms with Crippen LogP contribution in [0.2, 0.25) is 0 Å². The van der Waals surface area contributed by atoms with Gasteiger partial charge in [0.1, 0.15) is 0 Å². The monoisotopic (exact) mass is 407 g/mol. The molecule has 0 N–H and O–H groups in total. The van der Waals surface area contributed by atoms with Gasteiger partial charge in [0.2, 0.25) is 4.80 Å². The van der Waals surface area contributed by atoms with Gasteiger partial charge in [0.25, 0.3) is 5.56 Å². The van der Waals surface area contributed by atoms with E-state index in [1.54, 1.807) is 4.68 Å². The quantitative estimate of drug-likeness (QED) is 0.475. The van der Waals surface area contributed by atoms with Crippen LogP contribution in [-0.2, 0) is 7.05 Å². The zero-order valence-electron chi connectivity index (χ0n) is 16.9. The highest BCUT2D eigenvalue weighted by Gasteiger charge is 2.16. The van der Waals surface area contributed by atoms with Crippen molar-refractivity contribution in [3.63, 3.8) is 0 Å². The van der Waals surface area contributed by atoms with E-state index >= 15 is 0 Å². The summed E-state index contributed by atoms with van der Waals surface area (Å²) in [6.45, 7) is 3.93. The largest absolute Gasteiger partial charge is 0.297 e. The highest BCUT2D eigenvalue weighted by Crippen LogP contribution is 2.18. The number of para-hydroxylation sites is 1. The van der Waals surface area contributed by atoms with Crippen LogP contribution in [0.3, 0.4) is 0 Å². The first-order valence-corrected chi connectivity index (χ1v) is 10.7. The Labute approximate surface area is 173 Å². The summed E-state index contributed by atoms with van der Waals surface area (Å²) in [5.74, 6) is 0.452. The van der Waals surface area contributed by atoms with Crippen LogP contribution in [0, 0.1) is 19.8 Å². The van der Waals surface area contributed by atoms with Crippen LogP contribution in [0.15, 0.2) is 62.8 Å². The van der Waals surface area contributed by atoms with Gasteiger partial charge in [-0.2, -0.15) is 5.10 Å². The van der Waals surface area contributed by atoms with Gasteiger partial charge in [0, 0.05) is 18.6 Å². The predicted octanol–water partition coefficient (Wildman–Crippen LogP) is 4.08. The summed E-state index contributed by atoms with van der Waals surface area (Å²) in [6, 6.07) is 9.62. The van der Waals surface area contributed by atoms with Gasteiger partial charge >= 0.3 is 0 Å². The Bertz CT molecular complexity index is 1190. The fraction of sp³-hybridized carbons (Fsp3) is 0.318. The van der Waals surface area contributed by atoms with Crippen molar-refractivity contribution < 1.29 is 0 Å². The summed E-state index contributed by atoms with van der Waals surface area (Å²) in [7, 11) is 1.88. The number of hydrogen-bond donors (Lipinski definition) is 0. The Kier molecular flexibility index (Phi) is 5.49. The maximum atomic E-state index is 13.1. The standard InChI is InChI=1S/C22H25N5OS/c1-16-15-29-22(26(16)23-14-18-10-6-4-7-11-18)24-20-17(2)25(3)27(21(20)28)19-12-8-5-9-13-19/h4-6,8-9,12-15,18H,7,10-11H2,1-3H3. The van der Waals surface area contributed by atoms with Crippen molar-refractivity contribution in [2.75, 3.05) is 0 Å². The smallest absolute Gasteiger partial charge is 0.283 e. The average Bonchev–Trinajstić information content (AvgIpc) is 3.20. The topological polar surface area (TPSA) is 56.6 Å². The number of rotatable bonds is 4. The van der Waals surface area contributed by atoms with E-state index in [-0.39, 0.29) is 5.56 Å². The van der Waals surface area contributed by atoms with Crippen LogP contribution in [0.5, 0.6) is 0 Å². The van der Waals surface area contributed by atoms with E-state index in [1.807, 2.05) is 72.2 Å². The van der Waals surface area contributed by atoms with Gasteiger partial charge in [-0.3, -0.25) is 9.48 Å². The third-order valence-corrected chi connectivity index (χ3v) is 6.22. The second kappa shape index (κ2) is 8.21. The van der Waals surface area contributed by atoms with E-state index in [9.17, 15) is 4.79 Å². The Balaban J connectivity index is 1.77. The minimum Gasteiger partial charge on any atom is -0.283 e. The number of nitrogens with zero attached hydrogens (tertiary/aromatic N) is 5. The van der Waals surface area contributed by atoms with E-state index in [1.165, 1.54) is 11.3 Å². The lowest BCUT2D eigenvalue weighted by Crippen LogP contribution is -2.20. The van der Waals surface area contributed by atoms with Crippen molar-refractivity contribution in [2.45, 2.75) is 33.1 Å². The molecular formula is C22H25N5OS. The molecule has 0 fully saturated rings. The van der Waals surface area contributed by atoms with E-state index in [0.29, 0.717) is 16.4 Å². The number of hydrogen-bond acceptors (Lipinski definition) is 4. The molecule has 0 bridgehead atoms. The summed E-state index contributed by atoms with van der Waals surface area (Å²) < 4.78 is 5.33. The van der Waals surface area contributed by atoms with Crippen molar-refractivity contribution >= 4 is 23.2 Å². The summed E-state index contributed by atoms with van der Waals surface area (Å²) in [4.78, 5) is 18.6. The van der Waals surface area contributed by atoms with Crippen molar-refractivity contribution in [1.29, 1.82) is 0 Å². The van der Waals surface area contributed by atoms with Crippen molar-refractivity contribution in [3.05, 3.63) is 74.4 Å². The number of allylic oxidation sites excluding steroid dienone is 2. The first-order chi connectivity index (χ1) is 14.1. The van der Waals surface area contributed by atoms with E-state index in [4.69, 9.17) is 10.1 Å². The Morgan fingerprint density at radius 1 is 1.17 bits per heavy atom. The molecular weight excluding hydrogens is 382 g/mol. The minimum absolute atomic E-state index is 0.129. The highest BCUT2D eigenvalue weighted by molar-refractivity contribution is 7.07. The molecule has 1 aliphatic rings. The molecule has 150 valence electrons. The molecule has 29 heavy (non-hydrogen) atoms. The number of aryl methyl sites for hydroxylation is 1. The van der Waals surface area contributed by atoms with Crippen LogP contribution >= 0.6 is 11.3 Å². The van der Waals surface area contributed by atoms with Crippen molar-refractivity contribution in [3.8, 4) is 5.69 Å². The first kappa shape index (κ1) is 19.4. The molecule has 1 aliphatic carbocycles. The molecule has 1 aromatic carbocycles. The molecule has 2 aromatic heterocycles. The zero-order valence-corrected chi connectivity index (χ0v) is 17.8. The molecule has 4 rings (SSSR count). The lowest BCUT2D eigenvalue weighted by Gasteiger charge is -2.11. The maximum Gasteiger partial charge on any atom is 0.297 e. The van der Waals surface area contributed by atoms with Gasteiger partial charge in [-0.15, -0.1) is 11.3 Å². The fourth-order valence-corrected chi connectivity index (χ4v) is 4.31.